The number of anilines is 1. The molecule has 1 aromatic carbocycles. The highest BCUT2D eigenvalue weighted by Gasteiger charge is 2.35. The molecule has 174 valence electrons. The number of rotatable bonds is 9. The Labute approximate surface area is 194 Å². The first kappa shape index (κ1) is 24.3. The van der Waals surface area contributed by atoms with E-state index in [2.05, 4.69) is 31.2 Å². The molecule has 0 unspecified atom stereocenters. The van der Waals surface area contributed by atoms with Crippen molar-refractivity contribution in [1.29, 1.82) is 0 Å². The molecule has 32 heavy (non-hydrogen) atoms. The lowest BCUT2D eigenvalue weighted by molar-refractivity contribution is -0.137. The number of aryl methyl sites for hydroxylation is 1. The average Bonchev–Trinajstić information content (AvgIpc) is 3.12. The third-order valence-corrected chi connectivity index (χ3v) is 6.35. The number of nitrogens with zero attached hydrogens (tertiary/aromatic N) is 1. The maximum absolute atomic E-state index is 12.7. The fourth-order valence-electron chi connectivity index (χ4n) is 4.49. The van der Waals surface area contributed by atoms with Crippen molar-refractivity contribution in [1.82, 2.24) is 5.16 Å². The third kappa shape index (κ3) is 6.83. The Balaban J connectivity index is 1.64. The molecule has 1 aliphatic carbocycles. The van der Waals surface area contributed by atoms with Crippen molar-refractivity contribution in [3.8, 4) is 0 Å². The molecular weight excluding hydrogens is 428 g/mol. The van der Waals surface area contributed by atoms with E-state index in [-0.39, 0.29) is 24.7 Å². The van der Waals surface area contributed by atoms with E-state index in [1.807, 2.05) is 19.1 Å². The predicted molar refractivity (Wildman–Crippen MR) is 125 cm³/mol. The zero-order chi connectivity index (χ0) is 23.5. The van der Waals surface area contributed by atoms with Gasteiger partial charge >= 0.3 is 5.97 Å². The number of hydrogen-bond donors (Lipinski definition) is 2. The second-order valence-electron chi connectivity index (χ2n) is 10.3. The normalized spacial score (nSPS) is 19.3. The van der Waals surface area contributed by atoms with Gasteiger partial charge in [0.2, 0.25) is 5.91 Å². The maximum atomic E-state index is 12.7. The Bertz CT molecular complexity index is 957. The number of halogens is 1. The molecule has 2 N–H and O–H groups in total. The zero-order valence-corrected chi connectivity index (χ0v) is 20.0. The van der Waals surface area contributed by atoms with Crippen molar-refractivity contribution in [3.63, 3.8) is 0 Å². The van der Waals surface area contributed by atoms with Gasteiger partial charge < -0.3 is 14.9 Å². The lowest BCUT2D eigenvalue weighted by Crippen LogP contribution is -2.25. The molecule has 7 heteroatoms. The van der Waals surface area contributed by atoms with E-state index in [0.29, 0.717) is 40.1 Å². The minimum absolute atomic E-state index is 0.0392. The highest BCUT2D eigenvalue weighted by atomic mass is 35.5. The fraction of sp³-hybridized carbons (Fsp3) is 0.560. The molecular formula is C25H33ClN2O4. The molecule has 1 fully saturated rings. The first-order valence-corrected chi connectivity index (χ1v) is 11.6. The molecule has 1 heterocycles. The molecule has 0 spiro atoms. The summed E-state index contributed by atoms with van der Waals surface area (Å²) in [4.78, 5) is 23.8. The van der Waals surface area contributed by atoms with E-state index >= 15 is 0 Å². The second-order valence-corrected chi connectivity index (χ2v) is 10.7. The Morgan fingerprint density at radius 1 is 1.28 bits per heavy atom. The van der Waals surface area contributed by atoms with Gasteiger partial charge in [-0.2, -0.15) is 0 Å². The molecule has 0 bridgehead atoms. The van der Waals surface area contributed by atoms with Crippen LogP contribution in [0.2, 0.25) is 5.02 Å². The Morgan fingerprint density at radius 3 is 2.62 bits per heavy atom. The van der Waals surface area contributed by atoms with Crippen LogP contribution in [0.3, 0.4) is 0 Å². The van der Waals surface area contributed by atoms with Crippen molar-refractivity contribution in [2.24, 2.45) is 11.3 Å². The van der Waals surface area contributed by atoms with Crippen molar-refractivity contribution < 1.29 is 19.2 Å². The Hall–Kier alpha value is -2.34. The lowest BCUT2D eigenvalue weighted by Gasteiger charge is -2.37. The van der Waals surface area contributed by atoms with Gasteiger partial charge in [-0.25, -0.2) is 0 Å². The Morgan fingerprint density at radius 2 is 2.00 bits per heavy atom. The lowest BCUT2D eigenvalue weighted by atomic mass is 9.67. The summed E-state index contributed by atoms with van der Waals surface area (Å²) >= 11 is 6.22. The first-order valence-electron chi connectivity index (χ1n) is 11.2. The fourth-order valence-corrected chi connectivity index (χ4v) is 4.77. The Kier molecular flexibility index (Phi) is 7.65. The highest BCUT2D eigenvalue weighted by Crippen LogP contribution is 2.47. The van der Waals surface area contributed by atoms with Gasteiger partial charge in [0.1, 0.15) is 5.76 Å². The van der Waals surface area contributed by atoms with Crippen LogP contribution < -0.4 is 5.32 Å². The van der Waals surface area contributed by atoms with Gasteiger partial charge in [-0.05, 0) is 61.6 Å². The second kappa shape index (κ2) is 10.1. The topological polar surface area (TPSA) is 92.4 Å². The van der Waals surface area contributed by atoms with Crippen LogP contribution in [0.4, 0.5) is 5.69 Å². The number of benzene rings is 1. The summed E-state index contributed by atoms with van der Waals surface area (Å²) in [7, 11) is 0. The minimum atomic E-state index is -0.898. The molecule has 1 amide bonds. The molecule has 0 radical (unpaired) electrons. The SMILES string of the molecule is Cc1ccc(NC(=O)C[C@H](CCC(=O)O)c2cc([C@H]3C[C@@H](CC(C)(C)C)C3)on2)c(Cl)c1. The maximum Gasteiger partial charge on any atom is 0.303 e. The van der Waals surface area contributed by atoms with Gasteiger partial charge in [0, 0.05) is 30.7 Å². The van der Waals surface area contributed by atoms with Gasteiger partial charge in [0.05, 0.1) is 16.4 Å². The number of hydrogen-bond acceptors (Lipinski definition) is 4. The molecule has 0 aliphatic heterocycles. The summed E-state index contributed by atoms with van der Waals surface area (Å²) in [5, 5.41) is 16.7. The summed E-state index contributed by atoms with van der Waals surface area (Å²) in [6.45, 7) is 8.70. The third-order valence-electron chi connectivity index (χ3n) is 6.04. The van der Waals surface area contributed by atoms with Crippen LogP contribution in [0.1, 0.15) is 88.1 Å². The number of aliphatic carboxylic acids is 1. The number of amides is 1. The molecule has 1 saturated carbocycles. The van der Waals surface area contributed by atoms with Crippen LogP contribution in [0.25, 0.3) is 0 Å². The zero-order valence-electron chi connectivity index (χ0n) is 19.3. The van der Waals surface area contributed by atoms with E-state index in [0.717, 1.165) is 24.2 Å². The first-order chi connectivity index (χ1) is 15.0. The van der Waals surface area contributed by atoms with Crippen LogP contribution in [-0.4, -0.2) is 22.1 Å². The van der Waals surface area contributed by atoms with Gasteiger partial charge in [0.15, 0.2) is 0 Å². The van der Waals surface area contributed by atoms with Crippen LogP contribution in [0, 0.1) is 18.3 Å². The number of nitrogens with one attached hydrogen (secondary N) is 1. The summed E-state index contributed by atoms with van der Waals surface area (Å²) in [5.74, 6) is 0.422. The van der Waals surface area contributed by atoms with Crippen molar-refractivity contribution >= 4 is 29.2 Å². The molecule has 1 aliphatic rings. The minimum Gasteiger partial charge on any atom is -0.481 e. The number of carboxylic acids is 1. The smallest absolute Gasteiger partial charge is 0.303 e. The standard InChI is InChI=1S/C25H33ClN2O4/c1-15-5-7-20(19(26)9-15)27-23(29)12-17(6-8-24(30)31)21-13-22(32-28-21)18-10-16(11-18)14-25(2,3)4/h5,7,9,13,16-18H,6,8,10-12,14H2,1-4H3,(H,27,29)(H,30,31)/t16-,17-,18+/m0/s1. The number of carbonyl (C=O) groups excluding carboxylic acids is 1. The quantitative estimate of drug-likeness (QED) is 0.443. The average molecular weight is 461 g/mol. The van der Waals surface area contributed by atoms with Gasteiger partial charge in [-0.15, -0.1) is 0 Å². The summed E-state index contributed by atoms with van der Waals surface area (Å²) < 4.78 is 5.62. The molecule has 1 atom stereocenters. The van der Waals surface area contributed by atoms with E-state index < -0.39 is 5.97 Å². The van der Waals surface area contributed by atoms with E-state index in [1.165, 1.54) is 6.42 Å². The van der Waals surface area contributed by atoms with Crippen molar-refractivity contribution in [2.75, 3.05) is 5.32 Å². The van der Waals surface area contributed by atoms with Crippen LogP contribution in [0.5, 0.6) is 0 Å². The van der Waals surface area contributed by atoms with Crippen LogP contribution >= 0.6 is 11.6 Å². The van der Waals surface area contributed by atoms with E-state index in [9.17, 15) is 9.59 Å². The molecule has 1 aromatic heterocycles. The van der Waals surface area contributed by atoms with Crippen LogP contribution in [-0.2, 0) is 9.59 Å². The van der Waals surface area contributed by atoms with Crippen molar-refractivity contribution in [3.05, 3.63) is 46.3 Å². The largest absolute Gasteiger partial charge is 0.481 e. The molecule has 2 aromatic rings. The number of carboxylic acid groups (broad SMARTS) is 1. The summed E-state index contributed by atoms with van der Waals surface area (Å²) in [6, 6.07) is 7.34. The van der Waals surface area contributed by atoms with Gasteiger partial charge in [0.25, 0.3) is 0 Å². The van der Waals surface area contributed by atoms with Crippen molar-refractivity contribution in [2.45, 2.75) is 78.1 Å². The van der Waals surface area contributed by atoms with Gasteiger partial charge in [-0.1, -0.05) is 43.6 Å². The predicted octanol–water partition coefficient (Wildman–Crippen LogP) is 6.54. The van der Waals surface area contributed by atoms with Gasteiger partial charge in [-0.3, -0.25) is 9.59 Å². The number of aromatic nitrogens is 1. The monoisotopic (exact) mass is 460 g/mol. The molecule has 0 saturated heterocycles. The summed E-state index contributed by atoms with van der Waals surface area (Å²) in [6.07, 6.45) is 3.74. The molecule has 3 rings (SSSR count). The van der Waals surface area contributed by atoms with E-state index in [4.69, 9.17) is 21.2 Å². The molecule has 6 nitrogen and oxygen atoms in total. The van der Waals surface area contributed by atoms with Crippen LogP contribution in [0.15, 0.2) is 28.8 Å². The number of carbonyl (C=O) groups is 2. The summed E-state index contributed by atoms with van der Waals surface area (Å²) in [5.41, 5.74) is 2.51. The highest BCUT2D eigenvalue weighted by molar-refractivity contribution is 6.33. The van der Waals surface area contributed by atoms with E-state index in [1.54, 1.807) is 12.1 Å².